The summed E-state index contributed by atoms with van der Waals surface area (Å²) in [5.74, 6) is 0.896. The highest BCUT2D eigenvalue weighted by Crippen LogP contribution is 2.01. The molecule has 2 N–H and O–H groups in total. The highest BCUT2D eigenvalue weighted by Gasteiger charge is 2.00. The summed E-state index contributed by atoms with van der Waals surface area (Å²) in [6, 6.07) is 10.3. The van der Waals surface area contributed by atoms with Crippen LogP contribution in [0.2, 0.25) is 0 Å². The topological polar surface area (TPSA) is 58.1 Å². The second-order valence-electron chi connectivity index (χ2n) is 6.58. The highest BCUT2D eigenvalue weighted by atomic mass is 16.5. The second kappa shape index (κ2) is 16.5. The molecule has 1 rings (SSSR count). The third-order valence-corrected chi connectivity index (χ3v) is 4.10. The van der Waals surface area contributed by atoms with E-state index in [0.29, 0.717) is 6.61 Å². The first-order chi connectivity index (χ1) is 13.3. The fourth-order valence-electron chi connectivity index (χ4n) is 2.57. The minimum Gasteiger partial charge on any atom is -0.385 e. The number of nitrogens with one attached hydrogen (secondary N) is 2. The monoisotopic (exact) mass is 378 g/mol. The predicted molar refractivity (Wildman–Crippen MR) is 113 cm³/mol. The van der Waals surface area contributed by atoms with Gasteiger partial charge in [0.15, 0.2) is 5.96 Å². The van der Waals surface area contributed by atoms with Gasteiger partial charge in [0, 0.05) is 53.0 Å². The van der Waals surface area contributed by atoms with Gasteiger partial charge in [0.05, 0.1) is 6.61 Å². The summed E-state index contributed by atoms with van der Waals surface area (Å²) >= 11 is 0. The summed E-state index contributed by atoms with van der Waals surface area (Å²) in [6.45, 7) is 8.97. The molecule has 1 aromatic rings. The van der Waals surface area contributed by atoms with E-state index in [2.05, 4.69) is 46.6 Å². The Hall–Kier alpha value is -1.63. The molecule has 0 saturated carbocycles. The fourth-order valence-corrected chi connectivity index (χ4v) is 2.57. The van der Waals surface area contributed by atoms with Crippen molar-refractivity contribution < 1.29 is 9.47 Å². The van der Waals surface area contributed by atoms with Gasteiger partial charge in [-0.3, -0.25) is 4.99 Å². The number of nitrogens with zero attached hydrogens (tertiary/aromatic N) is 2. The van der Waals surface area contributed by atoms with Crippen LogP contribution in [0.3, 0.4) is 0 Å². The van der Waals surface area contributed by atoms with E-state index in [1.165, 1.54) is 5.56 Å². The van der Waals surface area contributed by atoms with E-state index in [-0.39, 0.29) is 0 Å². The Bertz CT molecular complexity index is 482. The van der Waals surface area contributed by atoms with Crippen LogP contribution < -0.4 is 10.6 Å². The number of hydrogen-bond acceptors (Lipinski definition) is 4. The molecule has 0 amide bonds. The standard InChI is InChI=1S/C21H38N4O2/c1-4-22-21(24-14-16-25(2)15-10-17-26-3)23-13-8-9-18-27-19-20-11-6-5-7-12-20/h5-7,11-12H,4,8-10,13-19H2,1-3H3,(H2,22,23,24). The van der Waals surface area contributed by atoms with Crippen molar-refractivity contribution in [3.8, 4) is 0 Å². The largest absolute Gasteiger partial charge is 0.385 e. The van der Waals surface area contributed by atoms with Crippen LogP contribution in [0.25, 0.3) is 0 Å². The Morgan fingerprint density at radius 3 is 2.59 bits per heavy atom. The van der Waals surface area contributed by atoms with Crippen LogP contribution in [0.4, 0.5) is 0 Å². The highest BCUT2D eigenvalue weighted by molar-refractivity contribution is 5.79. The lowest BCUT2D eigenvalue weighted by Gasteiger charge is -2.18. The van der Waals surface area contributed by atoms with Crippen LogP contribution in [0, 0.1) is 0 Å². The summed E-state index contributed by atoms with van der Waals surface area (Å²) in [6.07, 6.45) is 3.12. The first kappa shape index (κ1) is 23.4. The lowest BCUT2D eigenvalue weighted by molar-refractivity contribution is 0.117. The van der Waals surface area contributed by atoms with Crippen LogP contribution in [0.5, 0.6) is 0 Å². The maximum Gasteiger partial charge on any atom is 0.191 e. The zero-order valence-corrected chi connectivity index (χ0v) is 17.4. The van der Waals surface area contributed by atoms with E-state index < -0.39 is 0 Å². The molecule has 1 aromatic carbocycles. The van der Waals surface area contributed by atoms with Gasteiger partial charge in [-0.1, -0.05) is 30.3 Å². The quantitative estimate of drug-likeness (QED) is 0.279. The number of likely N-dealkylation sites (N-methyl/N-ethyl adjacent to an activating group) is 1. The summed E-state index contributed by atoms with van der Waals surface area (Å²) in [5, 5.41) is 6.70. The van der Waals surface area contributed by atoms with E-state index in [1.807, 2.05) is 18.2 Å². The van der Waals surface area contributed by atoms with E-state index in [9.17, 15) is 0 Å². The van der Waals surface area contributed by atoms with Crippen molar-refractivity contribution in [1.82, 2.24) is 15.5 Å². The van der Waals surface area contributed by atoms with Crippen molar-refractivity contribution in [1.29, 1.82) is 0 Å². The summed E-state index contributed by atoms with van der Waals surface area (Å²) in [4.78, 5) is 6.95. The zero-order valence-electron chi connectivity index (χ0n) is 17.4. The molecule has 0 fully saturated rings. The van der Waals surface area contributed by atoms with Crippen LogP contribution in [-0.4, -0.2) is 71.0 Å². The van der Waals surface area contributed by atoms with Crippen molar-refractivity contribution >= 4 is 5.96 Å². The van der Waals surface area contributed by atoms with Gasteiger partial charge in [-0.25, -0.2) is 0 Å². The first-order valence-electron chi connectivity index (χ1n) is 10.1. The molecular formula is C21H38N4O2. The fraction of sp³-hybridized carbons (Fsp3) is 0.667. The van der Waals surface area contributed by atoms with Crippen molar-refractivity contribution in [3.05, 3.63) is 35.9 Å². The Kier molecular flexibility index (Phi) is 14.3. The number of ether oxygens (including phenoxy) is 2. The number of benzene rings is 1. The van der Waals surface area contributed by atoms with Gasteiger partial charge < -0.3 is 25.0 Å². The zero-order chi connectivity index (χ0) is 19.6. The summed E-state index contributed by atoms with van der Waals surface area (Å²) < 4.78 is 10.8. The van der Waals surface area contributed by atoms with E-state index in [1.54, 1.807) is 7.11 Å². The molecule has 27 heavy (non-hydrogen) atoms. The molecule has 0 bridgehead atoms. The normalized spacial score (nSPS) is 11.8. The average Bonchev–Trinajstić information content (AvgIpc) is 2.68. The molecular weight excluding hydrogens is 340 g/mol. The molecule has 0 aromatic heterocycles. The summed E-state index contributed by atoms with van der Waals surface area (Å²) in [7, 11) is 3.88. The number of unbranched alkanes of at least 4 members (excludes halogenated alkanes) is 1. The molecule has 0 radical (unpaired) electrons. The number of rotatable bonds is 15. The maximum absolute atomic E-state index is 5.71. The van der Waals surface area contributed by atoms with E-state index in [0.717, 1.165) is 71.2 Å². The van der Waals surface area contributed by atoms with Gasteiger partial charge in [-0.05, 0) is 38.8 Å². The Labute approximate surface area is 165 Å². The third kappa shape index (κ3) is 13.2. The van der Waals surface area contributed by atoms with Gasteiger partial charge in [0.1, 0.15) is 0 Å². The number of hydrogen-bond donors (Lipinski definition) is 2. The van der Waals surface area contributed by atoms with Gasteiger partial charge in [-0.2, -0.15) is 0 Å². The number of methoxy groups -OCH3 is 1. The van der Waals surface area contributed by atoms with Crippen LogP contribution in [-0.2, 0) is 16.1 Å². The number of aliphatic imine (C=N–C) groups is 1. The smallest absolute Gasteiger partial charge is 0.191 e. The van der Waals surface area contributed by atoms with Gasteiger partial charge in [0.2, 0.25) is 0 Å². The molecule has 154 valence electrons. The molecule has 0 aliphatic carbocycles. The maximum atomic E-state index is 5.71. The first-order valence-corrected chi connectivity index (χ1v) is 10.1. The molecule has 0 aliphatic rings. The van der Waals surface area contributed by atoms with Crippen molar-refractivity contribution in [2.45, 2.75) is 32.8 Å². The molecule has 6 nitrogen and oxygen atoms in total. The van der Waals surface area contributed by atoms with E-state index >= 15 is 0 Å². The molecule has 6 heteroatoms. The van der Waals surface area contributed by atoms with Crippen molar-refractivity contribution in [2.24, 2.45) is 4.99 Å². The molecule has 0 heterocycles. The van der Waals surface area contributed by atoms with Crippen molar-refractivity contribution in [3.63, 3.8) is 0 Å². The minimum absolute atomic E-state index is 0.687. The van der Waals surface area contributed by atoms with E-state index in [4.69, 9.17) is 9.47 Å². The van der Waals surface area contributed by atoms with Crippen molar-refractivity contribution in [2.75, 3.05) is 60.1 Å². The Morgan fingerprint density at radius 2 is 1.85 bits per heavy atom. The van der Waals surface area contributed by atoms with Gasteiger partial charge >= 0.3 is 0 Å². The van der Waals surface area contributed by atoms with Crippen LogP contribution in [0.1, 0.15) is 31.7 Å². The SMILES string of the molecule is CCNC(=NCCCCOCc1ccccc1)NCCN(C)CCCOC. The lowest BCUT2D eigenvalue weighted by atomic mass is 10.2. The molecule has 0 aliphatic heterocycles. The molecule has 0 atom stereocenters. The average molecular weight is 379 g/mol. The lowest BCUT2D eigenvalue weighted by Crippen LogP contribution is -2.41. The Balaban J connectivity index is 2.10. The van der Waals surface area contributed by atoms with Crippen LogP contribution >= 0.6 is 0 Å². The van der Waals surface area contributed by atoms with Gasteiger partial charge in [-0.15, -0.1) is 0 Å². The number of guanidine groups is 1. The summed E-state index contributed by atoms with van der Waals surface area (Å²) in [5.41, 5.74) is 1.22. The third-order valence-electron chi connectivity index (χ3n) is 4.10. The predicted octanol–water partition coefficient (Wildman–Crippen LogP) is 2.51. The second-order valence-corrected chi connectivity index (χ2v) is 6.58. The molecule has 0 spiro atoms. The minimum atomic E-state index is 0.687. The van der Waals surface area contributed by atoms with Crippen LogP contribution in [0.15, 0.2) is 35.3 Å². The molecule has 0 saturated heterocycles. The van der Waals surface area contributed by atoms with Gasteiger partial charge in [0.25, 0.3) is 0 Å². The Morgan fingerprint density at radius 1 is 1.04 bits per heavy atom. The molecule has 0 unspecified atom stereocenters.